The predicted octanol–water partition coefficient (Wildman–Crippen LogP) is 6.43. The van der Waals surface area contributed by atoms with Gasteiger partial charge in [0.15, 0.2) is 0 Å². The Bertz CT molecular complexity index is 892. The minimum Gasteiger partial charge on any atom is -0.496 e. The molecule has 0 saturated heterocycles. The average Bonchev–Trinajstić information content (AvgIpc) is 2.69. The summed E-state index contributed by atoms with van der Waals surface area (Å²) in [5.74, 6) is 1.76. The summed E-state index contributed by atoms with van der Waals surface area (Å²) in [4.78, 5) is 2.23. The number of aryl methyl sites for hydroxylation is 2. The van der Waals surface area contributed by atoms with Gasteiger partial charge in [0.25, 0.3) is 0 Å². The number of hydrogen-bond acceptors (Lipinski definition) is 3. The van der Waals surface area contributed by atoms with Gasteiger partial charge in [0, 0.05) is 17.1 Å². The van der Waals surface area contributed by atoms with Gasteiger partial charge in [0.2, 0.25) is 0 Å². The molecule has 3 aromatic rings. The van der Waals surface area contributed by atoms with Gasteiger partial charge in [-0.05, 0) is 79.1 Å². The fourth-order valence-corrected chi connectivity index (χ4v) is 3.21. The van der Waals surface area contributed by atoms with Gasteiger partial charge in [-0.3, -0.25) is 0 Å². The molecule has 0 unspecified atom stereocenters. The van der Waals surface area contributed by atoms with Crippen LogP contribution in [0.2, 0.25) is 0 Å². The van der Waals surface area contributed by atoms with Crippen LogP contribution in [-0.2, 0) is 0 Å². The van der Waals surface area contributed by atoms with E-state index in [1.165, 1.54) is 0 Å². The lowest BCUT2D eigenvalue weighted by molar-refractivity contribution is 0.411. The van der Waals surface area contributed by atoms with Crippen LogP contribution >= 0.6 is 0 Å². The Morgan fingerprint density at radius 2 is 1.15 bits per heavy atom. The summed E-state index contributed by atoms with van der Waals surface area (Å²) in [5, 5.41) is 0. The first-order valence-corrected chi connectivity index (χ1v) is 8.89. The molecule has 0 heterocycles. The molecular weight excluding hydrogens is 334 g/mol. The summed E-state index contributed by atoms with van der Waals surface area (Å²) in [6.45, 7) is 7.95. The molecule has 0 bridgehead atoms. The lowest BCUT2D eigenvalue weighted by Crippen LogP contribution is -2.10. The molecule has 3 aromatic carbocycles. The topological polar surface area (TPSA) is 21.7 Å². The summed E-state index contributed by atoms with van der Waals surface area (Å²) in [5.41, 5.74) is 6.50. The third-order valence-electron chi connectivity index (χ3n) is 4.66. The molecule has 0 N–H and O–H groups in total. The minimum absolute atomic E-state index is 0.881. The second kappa shape index (κ2) is 8.00. The van der Waals surface area contributed by atoms with Crippen molar-refractivity contribution in [2.45, 2.75) is 13.8 Å². The maximum Gasteiger partial charge on any atom is 0.121 e. The lowest BCUT2D eigenvalue weighted by atomic mass is 10.1. The zero-order chi connectivity index (χ0) is 19.4. The molecule has 0 amide bonds. The number of nitrogens with zero attached hydrogens (tertiary/aromatic N) is 1. The fraction of sp³-hybridized carbons (Fsp3) is 0.167. The second-order valence-electron chi connectivity index (χ2n) is 6.44. The van der Waals surface area contributed by atoms with Gasteiger partial charge in [-0.2, -0.15) is 0 Å². The van der Waals surface area contributed by atoms with Crippen molar-refractivity contribution in [1.82, 2.24) is 0 Å². The summed E-state index contributed by atoms with van der Waals surface area (Å²) < 4.78 is 10.8. The van der Waals surface area contributed by atoms with Crippen LogP contribution in [0.5, 0.6) is 11.5 Å². The number of rotatable bonds is 6. The molecule has 3 heteroatoms. The van der Waals surface area contributed by atoms with E-state index in [0.717, 1.165) is 45.3 Å². The quantitative estimate of drug-likeness (QED) is 0.506. The average molecular weight is 359 g/mol. The maximum atomic E-state index is 5.42. The van der Waals surface area contributed by atoms with Crippen molar-refractivity contribution in [2.24, 2.45) is 0 Å². The van der Waals surface area contributed by atoms with Crippen LogP contribution in [0.3, 0.4) is 0 Å². The van der Waals surface area contributed by atoms with Gasteiger partial charge >= 0.3 is 0 Å². The van der Waals surface area contributed by atoms with E-state index in [-0.39, 0.29) is 0 Å². The van der Waals surface area contributed by atoms with Gasteiger partial charge in [-0.1, -0.05) is 24.8 Å². The summed E-state index contributed by atoms with van der Waals surface area (Å²) >= 11 is 0. The maximum absolute atomic E-state index is 5.42. The molecule has 0 atom stereocenters. The molecule has 27 heavy (non-hydrogen) atoms. The van der Waals surface area contributed by atoms with Crippen molar-refractivity contribution in [3.05, 3.63) is 83.9 Å². The third kappa shape index (κ3) is 3.82. The highest BCUT2D eigenvalue weighted by atomic mass is 16.5. The smallest absolute Gasteiger partial charge is 0.121 e. The van der Waals surface area contributed by atoms with Crippen LogP contribution < -0.4 is 14.4 Å². The highest BCUT2D eigenvalue weighted by molar-refractivity contribution is 5.78. The van der Waals surface area contributed by atoms with Crippen LogP contribution in [0.4, 0.5) is 17.1 Å². The van der Waals surface area contributed by atoms with Crippen molar-refractivity contribution in [3.8, 4) is 11.5 Å². The first-order valence-electron chi connectivity index (χ1n) is 8.89. The zero-order valence-electron chi connectivity index (χ0n) is 16.3. The molecule has 0 radical (unpaired) electrons. The fourth-order valence-electron chi connectivity index (χ4n) is 3.21. The van der Waals surface area contributed by atoms with E-state index in [4.69, 9.17) is 9.47 Å². The van der Waals surface area contributed by atoms with Crippen molar-refractivity contribution in [1.29, 1.82) is 0 Å². The predicted molar refractivity (Wildman–Crippen MR) is 114 cm³/mol. The van der Waals surface area contributed by atoms with Gasteiger partial charge in [-0.15, -0.1) is 0 Å². The van der Waals surface area contributed by atoms with Crippen molar-refractivity contribution < 1.29 is 9.47 Å². The van der Waals surface area contributed by atoms with Crippen molar-refractivity contribution in [2.75, 3.05) is 19.1 Å². The summed E-state index contributed by atoms with van der Waals surface area (Å²) in [7, 11) is 3.39. The number of anilines is 3. The van der Waals surface area contributed by atoms with E-state index in [2.05, 4.69) is 73.9 Å². The minimum atomic E-state index is 0.881. The Labute approximate surface area is 161 Å². The molecule has 0 aliphatic rings. The molecule has 3 nitrogen and oxygen atoms in total. The molecule has 138 valence electrons. The Hall–Kier alpha value is -3.20. The van der Waals surface area contributed by atoms with Gasteiger partial charge in [0.05, 0.1) is 14.2 Å². The first kappa shape index (κ1) is 18.6. The molecule has 0 aliphatic carbocycles. The molecule has 3 rings (SSSR count). The van der Waals surface area contributed by atoms with Gasteiger partial charge < -0.3 is 14.4 Å². The molecule has 0 fully saturated rings. The summed E-state index contributed by atoms with van der Waals surface area (Å²) in [6, 6.07) is 20.8. The van der Waals surface area contributed by atoms with E-state index in [9.17, 15) is 0 Å². The van der Waals surface area contributed by atoms with Gasteiger partial charge in [-0.25, -0.2) is 0 Å². The lowest BCUT2D eigenvalue weighted by Gasteiger charge is -2.27. The largest absolute Gasteiger partial charge is 0.496 e. The van der Waals surface area contributed by atoms with Gasteiger partial charge in [0.1, 0.15) is 11.5 Å². The number of benzene rings is 3. The molecular formula is C24H25NO2. The number of hydrogen-bond donors (Lipinski definition) is 0. The highest BCUT2D eigenvalue weighted by Crippen LogP contribution is 2.38. The number of ether oxygens (including phenoxy) is 2. The van der Waals surface area contributed by atoms with Crippen molar-refractivity contribution in [3.63, 3.8) is 0 Å². The summed E-state index contributed by atoms with van der Waals surface area (Å²) in [6.07, 6.45) is 1.85. The van der Waals surface area contributed by atoms with Crippen LogP contribution in [0.15, 0.2) is 67.2 Å². The normalized spacial score (nSPS) is 10.4. The van der Waals surface area contributed by atoms with Crippen LogP contribution in [0.25, 0.3) is 6.08 Å². The van der Waals surface area contributed by atoms with E-state index < -0.39 is 0 Å². The Morgan fingerprint density at radius 1 is 0.704 bits per heavy atom. The van der Waals surface area contributed by atoms with Crippen LogP contribution in [-0.4, -0.2) is 14.2 Å². The SMILES string of the molecule is C=Cc1ccc(N(c2ccc(OC)c(C)c2)c2ccc(OC)c(C)c2)cc1. The monoisotopic (exact) mass is 359 g/mol. The van der Waals surface area contributed by atoms with Crippen molar-refractivity contribution >= 4 is 23.1 Å². The third-order valence-corrected chi connectivity index (χ3v) is 4.66. The molecule has 0 spiro atoms. The molecule has 0 aromatic heterocycles. The Morgan fingerprint density at radius 3 is 1.52 bits per heavy atom. The standard InChI is InChI=1S/C24H25NO2/c1-6-19-7-9-20(10-8-19)25(21-11-13-23(26-4)17(2)15-21)22-12-14-24(27-5)18(3)16-22/h6-16H,1H2,2-5H3. The Balaban J connectivity index is 2.14. The molecule has 0 aliphatic heterocycles. The van der Waals surface area contributed by atoms with E-state index >= 15 is 0 Å². The second-order valence-corrected chi connectivity index (χ2v) is 6.44. The van der Waals surface area contributed by atoms with E-state index in [0.29, 0.717) is 0 Å². The molecule has 0 saturated carbocycles. The van der Waals surface area contributed by atoms with Crippen LogP contribution in [0, 0.1) is 13.8 Å². The zero-order valence-corrected chi connectivity index (χ0v) is 16.3. The highest BCUT2D eigenvalue weighted by Gasteiger charge is 2.15. The van der Waals surface area contributed by atoms with E-state index in [1.807, 2.05) is 18.2 Å². The van der Waals surface area contributed by atoms with E-state index in [1.54, 1.807) is 14.2 Å². The first-order chi connectivity index (χ1) is 13.1. The number of methoxy groups -OCH3 is 2. The Kier molecular flexibility index (Phi) is 5.51. The van der Waals surface area contributed by atoms with Crippen LogP contribution in [0.1, 0.15) is 16.7 Å².